The van der Waals surface area contributed by atoms with Crippen LogP contribution in [0.4, 0.5) is 0 Å². The van der Waals surface area contributed by atoms with Crippen molar-refractivity contribution in [3.8, 4) is 11.4 Å². The van der Waals surface area contributed by atoms with Crippen molar-refractivity contribution in [2.75, 3.05) is 20.7 Å². The molecule has 6 nitrogen and oxygen atoms in total. The van der Waals surface area contributed by atoms with E-state index in [1.54, 1.807) is 26.7 Å². The summed E-state index contributed by atoms with van der Waals surface area (Å²) in [6, 6.07) is 14.5. The molecule has 3 rings (SSSR count). The second-order valence-electron chi connectivity index (χ2n) is 6.52. The number of ether oxygens (including phenoxy) is 1. The minimum atomic E-state index is 0. The van der Waals surface area contributed by atoms with E-state index in [4.69, 9.17) is 4.74 Å². The van der Waals surface area contributed by atoms with Crippen LogP contribution in [0, 0.1) is 6.92 Å². The molecule has 1 aromatic heterocycles. The highest BCUT2D eigenvalue weighted by molar-refractivity contribution is 14.0. The van der Waals surface area contributed by atoms with Gasteiger partial charge in [-0.15, -0.1) is 24.0 Å². The van der Waals surface area contributed by atoms with Gasteiger partial charge in [0, 0.05) is 32.5 Å². The Morgan fingerprint density at radius 2 is 1.97 bits per heavy atom. The fourth-order valence-electron chi connectivity index (χ4n) is 3.13. The van der Waals surface area contributed by atoms with Crippen molar-refractivity contribution in [1.82, 2.24) is 20.2 Å². The van der Waals surface area contributed by atoms with Crippen LogP contribution in [0.3, 0.4) is 0 Å². The molecule has 0 unspecified atom stereocenters. The maximum atomic E-state index is 5.46. The molecular formula is C22H28IN5O. The third-order valence-electron chi connectivity index (χ3n) is 4.57. The Bertz CT molecular complexity index is 925. The summed E-state index contributed by atoms with van der Waals surface area (Å²) >= 11 is 0. The first-order valence-electron chi connectivity index (χ1n) is 9.35. The van der Waals surface area contributed by atoms with Gasteiger partial charge in [0.1, 0.15) is 5.75 Å². The zero-order valence-corrected chi connectivity index (χ0v) is 19.4. The fourth-order valence-corrected chi connectivity index (χ4v) is 3.13. The topological polar surface area (TPSA) is 63.5 Å². The zero-order valence-electron chi connectivity index (χ0n) is 17.1. The molecular weight excluding hydrogens is 477 g/mol. The molecule has 0 saturated carbocycles. The van der Waals surface area contributed by atoms with E-state index in [2.05, 4.69) is 51.8 Å². The molecule has 0 atom stereocenters. The van der Waals surface area contributed by atoms with Crippen LogP contribution in [-0.4, -0.2) is 36.2 Å². The van der Waals surface area contributed by atoms with Crippen LogP contribution in [-0.2, 0) is 13.0 Å². The third-order valence-corrected chi connectivity index (χ3v) is 4.57. The van der Waals surface area contributed by atoms with Crippen LogP contribution in [0.2, 0.25) is 0 Å². The number of guanidine groups is 1. The van der Waals surface area contributed by atoms with Crippen molar-refractivity contribution in [1.29, 1.82) is 0 Å². The van der Waals surface area contributed by atoms with E-state index in [1.807, 2.05) is 29.0 Å². The minimum Gasteiger partial charge on any atom is -0.496 e. The van der Waals surface area contributed by atoms with Gasteiger partial charge in [-0.3, -0.25) is 4.99 Å². The lowest BCUT2D eigenvalue weighted by Crippen LogP contribution is -2.38. The highest BCUT2D eigenvalue weighted by Gasteiger charge is 2.06. The number of aryl methyl sites for hydroxylation is 1. The normalized spacial score (nSPS) is 10.9. The van der Waals surface area contributed by atoms with Gasteiger partial charge in [0.25, 0.3) is 0 Å². The highest BCUT2D eigenvalue weighted by atomic mass is 127. The average molecular weight is 505 g/mol. The average Bonchev–Trinajstić information content (AvgIpc) is 3.25. The molecule has 2 N–H and O–H groups in total. The molecule has 2 aromatic carbocycles. The van der Waals surface area contributed by atoms with E-state index >= 15 is 0 Å². The maximum Gasteiger partial charge on any atom is 0.191 e. The summed E-state index contributed by atoms with van der Waals surface area (Å²) in [5, 5.41) is 6.77. The van der Waals surface area contributed by atoms with Crippen molar-refractivity contribution in [2.45, 2.75) is 19.9 Å². The number of para-hydroxylation sites is 1. The number of methoxy groups -OCH3 is 1. The van der Waals surface area contributed by atoms with Gasteiger partial charge >= 0.3 is 0 Å². The van der Waals surface area contributed by atoms with Crippen LogP contribution in [0.15, 0.2) is 66.2 Å². The van der Waals surface area contributed by atoms with E-state index in [0.29, 0.717) is 6.54 Å². The number of halogens is 1. The number of imidazole rings is 1. The molecule has 0 aliphatic carbocycles. The number of hydrogen-bond donors (Lipinski definition) is 2. The Morgan fingerprint density at radius 3 is 2.69 bits per heavy atom. The summed E-state index contributed by atoms with van der Waals surface area (Å²) in [4.78, 5) is 8.47. The summed E-state index contributed by atoms with van der Waals surface area (Å²) in [6.07, 6.45) is 6.39. The number of nitrogens with one attached hydrogen (secondary N) is 2. The Hall–Kier alpha value is -2.55. The van der Waals surface area contributed by atoms with Gasteiger partial charge in [-0.05, 0) is 36.6 Å². The minimum absolute atomic E-state index is 0. The number of nitrogens with zero attached hydrogens (tertiary/aromatic N) is 3. The van der Waals surface area contributed by atoms with Crippen LogP contribution < -0.4 is 15.4 Å². The lowest BCUT2D eigenvalue weighted by molar-refractivity contribution is 0.409. The summed E-state index contributed by atoms with van der Waals surface area (Å²) < 4.78 is 7.47. The number of benzene rings is 2. The molecule has 0 bridgehead atoms. The van der Waals surface area contributed by atoms with E-state index in [-0.39, 0.29) is 24.0 Å². The van der Waals surface area contributed by atoms with Gasteiger partial charge in [0.2, 0.25) is 0 Å². The molecule has 0 radical (unpaired) electrons. The molecule has 1 heterocycles. The van der Waals surface area contributed by atoms with E-state index in [9.17, 15) is 0 Å². The number of aromatic nitrogens is 2. The second kappa shape index (κ2) is 11.5. The largest absolute Gasteiger partial charge is 0.496 e. The van der Waals surface area contributed by atoms with Crippen LogP contribution in [0.5, 0.6) is 5.75 Å². The van der Waals surface area contributed by atoms with Gasteiger partial charge in [-0.25, -0.2) is 4.98 Å². The first-order chi connectivity index (χ1) is 13.7. The molecule has 3 aromatic rings. The summed E-state index contributed by atoms with van der Waals surface area (Å²) in [5.74, 6) is 1.69. The lowest BCUT2D eigenvalue weighted by Gasteiger charge is -2.15. The van der Waals surface area contributed by atoms with Gasteiger partial charge < -0.3 is 19.9 Å². The van der Waals surface area contributed by atoms with Crippen molar-refractivity contribution >= 4 is 29.9 Å². The quantitative estimate of drug-likeness (QED) is 0.292. The van der Waals surface area contributed by atoms with Crippen molar-refractivity contribution < 1.29 is 4.74 Å². The fraction of sp³-hybridized carbons (Fsp3) is 0.273. The highest BCUT2D eigenvalue weighted by Crippen LogP contribution is 2.19. The summed E-state index contributed by atoms with van der Waals surface area (Å²) in [7, 11) is 3.49. The SMILES string of the molecule is CN=C(NCCc1cc(C)ccc1OC)NCc1ccccc1-n1ccnc1.I. The Labute approximate surface area is 189 Å². The molecule has 29 heavy (non-hydrogen) atoms. The Morgan fingerprint density at radius 1 is 1.14 bits per heavy atom. The van der Waals surface area contributed by atoms with Gasteiger partial charge in [0.05, 0.1) is 19.1 Å². The molecule has 0 fully saturated rings. The molecule has 0 aliphatic rings. The van der Waals surface area contributed by atoms with Gasteiger partial charge in [-0.2, -0.15) is 0 Å². The number of rotatable bonds is 7. The van der Waals surface area contributed by atoms with Gasteiger partial charge in [-0.1, -0.05) is 35.9 Å². The smallest absolute Gasteiger partial charge is 0.191 e. The zero-order chi connectivity index (χ0) is 19.8. The molecule has 7 heteroatoms. The third kappa shape index (κ3) is 6.22. The standard InChI is InChI=1S/C22H27N5O.HI/c1-17-8-9-21(28-3)18(14-17)10-11-25-22(23-2)26-15-19-6-4-5-7-20(19)27-13-12-24-16-27;/h4-9,12-14,16H,10-11,15H2,1-3H3,(H2,23,25,26);1H. The maximum absolute atomic E-state index is 5.46. The molecule has 0 spiro atoms. The van der Waals surface area contributed by atoms with E-state index < -0.39 is 0 Å². The monoisotopic (exact) mass is 505 g/mol. The number of hydrogen-bond acceptors (Lipinski definition) is 3. The Kier molecular flexibility index (Phi) is 8.98. The van der Waals surface area contributed by atoms with E-state index in [1.165, 1.54) is 16.7 Å². The molecule has 0 saturated heterocycles. The van der Waals surface area contributed by atoms with Crippen LogP contribution in [0.1, 0.15) is 16.7 Å². The lowest BCUT2D eigenvalue weighted by atomic mass is 10.1. The van der Waals surface area contributed by atoms with Crippen molar-refractivity contribution in [3.05, 3.63) is 77.9 Å². The van der Waals surface area contributed by atoms with Gasteiger partial charge in [0.15, 0.2) is 5.96 Å². The first-order valence-corrected chi connectivity index (χ1v) is 9.35. The predicted molar refractivity (Wildman–Crippen MR) is 129 cm³/mol. The van der Waals surface area contributed by atoms with Crippen LogP contribution >= 0.6 is 24.0 Å². The molecule has 0 aliphatic heterocycles. The first kappa shape index (κ1) is 22.7. The molecule has 154 valence electrons. The Balaban J connectivity index is 0.00000300. The second-order valence-corrected chi connectivity index (χ2v) is 6.52. The summed E-state index contributed by atoms with van der Waals surface area (Å²) in [5.41, 5.74) is 4.70. The van der Waals surface area contributed by atoms with E-state index in [0.717, 1.165) is 30.4 Å². The molecule has 0 amide bonds. The van der Waals surface area contributed by atoms with Crippen LogP contribution in [0.25, 0.3) is 5.69 Å². The predicted octanol–water partition coefficient (Wildman–Crippen LogP) is 3.72. The van der Waals surface area contributed by atoms with Crippen molar-refractivity contribution in [3.63, 3.8) is 0 Å². The van der Waals surface area contributed by atoms with Crippen molar-refractivity contribution in [2.24, 2.45) is 4.99 Å². The summed E-state index contributed by atoms with van der Waals surface area (Å²) in [6.45, 7) is 3.53. The number of aliphatic imine (C=N–C) groups is 1.